The molecule has 1 atom stereocenters. The number of halogens is 1. The Hall–Kier alpha value is -3.18. The third kappa shape index (κ3) is 4.71. The molecular formula is C23H23ClN6O3S. The lowest BCUT2D eigenvalue weighted by molar-refractivity contribution is 0.523. The van der Waals surface area contributed by atoms with E-state index in [9.17, 15) is 8.76 Å². The number of nitrogen functional groups attached to an aromatic ring is 1. The average molecular weight is 499 g/mol. The lowest BCUT2D eigenvalue weighted by atomic mass is 10.00. The molecule has 0 saturated heterocycles. The first-order valence-electron chi connectivity index (χ1n) is 10.3. The number of hydrogen-bond acceptors (Lipinski definition) is 8. The number of nitrogens with zero attached hydrogens (tertiary/aromatic N) is 4. The third-order valence-corrected chi connectivity index (χ3v) is 6.81. The molecule has 1 unspecified atom stereocenters. The summed E-state index contributed by atoms with van der Waals surface area (Å²) < 4.78 is 26.1. The fraction of sp³-hybridized carbons (Fsp3) is 0.217. The van der Waals surface area contributed by atoms with E-state index < -0.39 is 15.8 Å². The van der Waals surface area contributed by atoms with Crippen LogP contribution in [0.4, 0.5) is 5.82 Å². The Morgan fingerprint density at radius 1 is 1.15 bits per heavy atom. The molecule has 176 valence electrons. The van der Waals surface area contributed by atoms with E-state index in [1.165, 1.54) is 6.20 Å². The van der Waals surface area contributed by atoms with Crippen LogP contribution in [0.1, 0.15) is 25.0 Å². The lowest BCUT2D eigenvalue weighted by Gasteiger charge is -2.21. The number of nitrogens with one attached hydrogen (secondary N) is 1. The molecule has 0 saturated carbocycles. The summed E-state index contributed by atoms with van der Waals surface area (Å²) in [6, 6.07) is 12.9. The van der Waals surface area contributed by atoms with Gasteiger partial charge in [0.2, 0.25) is 5.89 Å². The Balaban J connectivity index is 1.67. The second-order valence-corrected chi connectivity index (χ2v) is 10.0. The summed E-state index contributed by atoms with van der Waals surface area (Å²) in [7, 11) is 1.89. The van der Waals surface area contributed by atoms with Gasteiger partial charge < -0.3 is 20.0 Å². The van der Waals surface area contributed by atoms with E-state index >= 15 is 0 Å². The number of aromatic nitrogens is 4. The second-order valence-electron chi connectivity index (χ2n) is 8.08. The predicted octanol–water partition coefficient (Wildman–Crippen LogP) is 4.27. The van der Waals surface area contributed by atoms with Gasteiger partial charge >= 0.3 is 0 Å². The highest BCUT2D eigenvalue weighted by molar-refractivity contribution is 7.80. The van der Waals surface area contributed by atoms with Gasteiger partial charge in [-0.2, -0.15) is 0 Å². The quantitative estimate of drug-likeness (QED) is 0.318. The zero-order valence-corrected chi connectivity index (χ0v) is 20.3. The molecule has 0 radical (unpaired) electrons. The van der Waals surface area contributed by atoms with Gasteiger partial charge in [-0.05, 0) is 50.2 Å². The average Bonchev–Trinajstić information content (AvgIpc) is 3.30. The molecule has 4 N–H and O–H groups in total. The zero-order valence-electron chi connectivity index (χ0n) is 18.7. The fourth-order valence-corrected chi connectivity index (χ4v) is 3.89. The minimum absolute atomic E-state index is 0.130. The highest BCUT2D eigenvalue weighted by Gasteiger charge is 2.28. The first-order chi connectivity index (χ1) is 16.2. The van der Waals surface area contributed by atoms with Crippen molar-refractivity contribution in [1.82, 2.24) is 25.5 Å². The van der Waals surface area contributed by atoms with Gasteiger partial charge in [-0.25, -0.2) is 14.2 Å². The number of anilines is 1. The third-order valence-electron chi connectivity index (χ3n) is 5.39. The maximum absolute atomic E-state index is 11.7. The molecule has 0 spiro atoms. The van der Waals surface area contributed by atoms with Crippen LogP contribution in [0.3, 0.4) is 0 Å². The topological polar surface area (TPSA) is 140 Å². The van der Waals surface area contributed by atoms with Crippen molar-refractivity contribution in [3.05, 3.63) is 64.8 Å². The van der Waals surface area contributed by atoms with Crippen molar-refractivity contribution < 1.29 is 13.2 Å². The van der Waals surface area contributed by atoms with E-state index in [1.54, 1.807) is 32.0 Å². The molecular weight excluding hydrogens is 476 g/mol. The van der Waals surface area contributed by atoms with Gasteiger partial charge in [-0.3, -0.25) is 0 Å². The molecule has 4 rings (SSSR count). The van der Waals surface area contributed by atoms with Crippen molar-refractivity contribution >= 4 is 28.5 Å². The van der Waals surface area contributed by atoms with E-state index in [0.717, 1.165) is 17.7 Å². The van der Waals surface area contributed by atoms with Crippen molar-refractivity contribution in [3.8, 4) is 34.3 Å². The lowest BCUT2D eigenvalue weighted by Crippen LogP contribution is -2.23. The Bertz CT molecular complexity index is 1360. The van der Waals surface area contributed by atoms with Crippen molar-refractivity contribution in [2.75, 3.05) is 12.8 Å². The molecule has 2 heterocycles. The van der Waals surface area contributed by atoms with Crippen molar-refractivity contribution in [2.24, 2.45) is 0 Å². The van der Waals surface area contributed by atoms with Crippen LogP contribution in [0.25, 0.3) is 34.3 Å². The van der Waals surface area contributed by atoms with E-state index in [0.29, 0.717) is 27.7 Å². The molecule has 0 amide bonds. The molecule has 0 aliphatic heterocycles. The SMILES string of the molecule is CNCc1ccc(-c2nnc(-c3nc(-c4ccc(C(C)(C)S(=O)O)cc4Cl)cnc3N)o2)cc1. The van der Waals surface area contributed by atoms with Crippen molar-refractivity contribution in [2.45, 2.75) is 25.1 Å². The summed E-state index contributed by atoms with van der Waals surface area (Å²) in [4.78, 5) is 8.78. The van der Waals surface area contributed by atoms with Crippen LogP contribution >= 0.6 is 11.6 Å². The van der Waals surface area contributed by atoms with E-state index in [-0.39, 0.29) is 17.4 Å². The van der Waals surface area contributed by atoms with Crippen LogP contribution in [0.2, 0.25) is 5.02 Å². The van der Waals surface area contributed by atoms with E-state index in [1.807, 2.05) is 31.3 Å². The highest BCUT2D eigenvalue weighted by atomic mass is 35.5. The number of nitrogens with two attached hydrogens (primary N) is 1. The Labute approximate surface area is 204 Å². The Morgan fingerprint density at radius 3 is 2.50 bits per heavy atom. The summed E-state index contributed by atoms with van der Waals surface area (Å²) in [5.41, 5.74) is 9.83. The van der Waals surface area contributed by atoms with Crippen molar-refractivity contribution in [1.29, 1.82) is 0 Å². The van der Waals surface area contributed by atoms with Gasteiger partial charge in [0.05, 0.1) is 21.7 Å². The molecule has 4 aromatic rings. The summed E-state index contributed by atoms with van der Waals surface area (Å²) in [6.07, 6.45) is 1.49. The van der Waals surface area contributed by atoms with Gasteiger partial charge in [0.1, 0.15) is 0 Å². The van der Waals surface area contributed by atoms with Gasteiger partial charge in [0.15, 0.2) is 22.6 Å². The van der Waals surface area contributed by atoms with Crippen LogP contribution in [-0.4, -0.2) is 36.0 Å². The van der Waals surface area contributed by atoms with Crippen LogP contribution in [0.5, 0.6) is 0 Å². The van der Waals surface area contributed by atoms with Gasteiger partial charge in [-0.1, -0.05) is 35.9 Å². The summed E-state index contributed by atoms with van der Waals surface area (Å²) in [6.45, 7) is 4.08. The number of rotatable bonds is 7. The van der Waals surface area contributed by atoms with Crippen LogP contribution < -0.4 is 11.1 Å². The summed E-state index contributed by atoms with van der Waals surface area (Å²) in [5, 5.41) is 11.7. The van der Waals surface area contributed by atoms with Gasteiger partial charge in [0.25, 0.3) is 5.89 Å². The standard InChI is InChI=1S/C23H23ClN6O3S/c1-23(2,34(31)32)15-8-9-16(17(24)10-15)18-12-27-20(25)19(28-18)22-30-29-21(33-22)14-6-4-13(5-7-14)11-26-3/h4-10,12,26H,11H2,1-3H3,(H2,25,27)(H,31,32). The smallest absolute Gasteiger partial charge is 0.270 e. The van der Waals surface area contributed by atoms with Gasteiger partial charge in [-0.15, -0.1) is 10.2 Å². The largest absolute Gasteiger partial charge is 0.414 e. The maximum atomic E-state index is 11.7. The van der Waals surface area contributed by atoms with E-state index in [4.69, 9.17) is 21.8 Å². The number of hydrogen-bond donors (Lipinski definition) is 3. The Kier molecular flexibility index (Phi) is 6.76. The fourth-order valence-electron chi connectivity index (χ4n) is 3.29. The number of benzene rings is 2. The molecule has 9 nitrogen and oxygen atoms in total. The molecule has 0 fully saturated rings. The van der Waals surface area contributed by atoms with Crippen molar-refractivity contribution in [3.63, 3.8) is 0 Å². The summed E-state index contributed by atoms with van der Waals surface area (Å²) >= 11 is 4.43. The first-order valence-corrected chi connectivity index (χ1v) is 11.8. The minimum atomic E-state index is -2.07. The molecule has 2 aromatic heterocycles. The maximum Gasteiger partial charge on any atom is 0.270 e. The van der Waals surface area contributed by atoms with Crippen LogP contribution in [0.15, 0.2) is 53.1 Å². The van der Waals surface area contributed by atoms with E-state index in [2.05, 4.69) is 25.5 Å². The molecule has 11 heteroatoms. The predicted molar refractivity (Wildman–Crippen MR) is 132 cm³/mol. The van der Waals surface area contributed by atoms with Crippen LogP contribution in [0, 0.1) is 0 Å². The minimum Gasteiger partial charge on any atom is -0.414 e. The molecule has 34 heavy (non-hydrogen) atoms. The zero-order chi connectivity index (χ0) is 24.5. The normalized spacial score (nSPS) is 12.6. The molecule has 0 aliphatic carbocycles. The summed E-state index contributed by atoms with van der Waals surface area (Å²) in [5.74, 6) is 0.595. The Morgan fingerprint density at radius 2 is 1.85 bits per heavy atom. The molecule has 0 bridgehead atoms. The monoisotopic (exact) mass is 498 g/mol. The molecule has 0 aliphatic rings. The second kappa shape index (κ2) is 9.59. The van der Waals surface area contributed by atoms with Gasteiger partial charge in [0, 0.05) is 17.7 Å². The first kappa shape index (κ1) is 24.0. The highest BCUT2D eigenvalue weighted by Crippen LogP contribution is 2.35. The molecule has 2 aromatic carbocycles. The van der Waals surface area contributed by atoms with Crippen LogP contribution in [-0.2, 0) is 22.4 Å².